The molecule has 10 heteroatoms. The van der Waals surface area contributed by atoms with Gasteiger partial charge >= 0.3 is 5.97 Å². The van der Waals surface area contributed by atoms with Crippen molar-refractivity contribution in [3.8, 4) is 22.6 Å². The van der Waals surface area contributed by atoms with Crippen LogP contribution >= 0.6 is 0 Å². The van der Waals surface area contributed by atoms with E-state index in [0.29, 0.717) is 17.1 Å². The standard InChI is InChI=1S/C23H15N5O5/c24-20-19-15(21(30)25-22(19)31)10-18(29)27(20)13-6-8-14(9-7-13)28-17(11-16(26-28)23(32)33)12-4-2-1-3-5-12/h1-11H,24H2,(H,32,33)(H,25,30,31). The zero-order chi connectivity index (χ0) is 23.3. The van der Waals surface area contributed by atoms with Crippen LogP contribution in [0.5, 0.6) is 0 Å². The van der Waals surface area contributed by atoms with Crippen LogP contribution in [0.15, 0.2) is 71.5 Å². The number of carbonyl (C=O) groups excluding carboxylic acids is 2. The highest BCUT2D eigenvalue weighted by Crippen LogP contribution is 2.26. The molecule has 0 bridgehead atoms. The Morgan fingerprint density at radius 1 is 0.909 bits per heavy atom. The lowest BCUT2D eigenvalue weighted by molar-refractivity contribution is 0.0689. The molecular formula is C23H15N5O5. The summed E-state index contributed by atoms with van der Waals surface area (Å²) in [5.74, 6) is -2.63. The molecule has 4 aromatic rings. The van der Waals surface area contributed by atoms with Gasteiger partial charge in [-0.25, -0.2) is 9.48 Å². The van der Waals surface area contributed by atoms with Crippen LogP contribution in [0.2, 0.25) is 0 Å². The van der Waals surface area contributed by atoms with Crippen molar-refractivity contribution in [2.24, 2.45) is 0 Å². The van der Waals surface area contributed by atoms with Gasteiger partial charge in [0, 0.05) is 11.6 Å². The Morgan fingerprint density at radius 3 is 2.24 bits per heavy atom. The second-order valence-corrected chi connectivity index (χ2v) is 7.29. The molecule has 0 atom stereocenters. The minimum absolute atomic E-state index is 0.0479. The molecule has 0 spiro atoms. The average Bonchev–Trinajstić information content (AvgIpc) is 3.36. The number of rotatable bonds is 4. The van der Waals surface area contributed by atoms with Crippen molar-refractivity contribution >= 4 is 23.6 Å². The summed E-state index contributed by atoms with van der Waals surface area (Å²) in [6.07, 6.45) is 0. The molecule has 0 saturated heterocycles. The molecule has 1 aliphatic heterocycles. The molecule has 1 aliphatic rings. The molecule has 5 rings (SSSR count). The van der Waals surface area contributed by atoms with Crippen molar-refractivity contribution in [1.82, 2.24) is 19.7 Å². The number of nitrogens with zero attached hydrogens (tertiary/aromatic N) is 3. The predicted octanol–water partition coefficient (Wildman–Crippen LogP) is 1.85. The molecule has 2 aromatic carbocycles. The number of fused-ring (bicyclic) bond motifs is 1. The molecule has 0 saturated carbocycles. The number of nitrogen functional groups attached to an aromatic ring is 1. The monoisotopic (exact) mass is 441 g/mol. The smallest absolute Gasteiger partial charge is 0.356 e. The Hall–Kier alpha value is -4.99. The van der Waals surface area contributed by atoms with Crippen LogP contribution in [-0.2, 0) is 0 Å². The first-order valence-corrected chi connectivity index (χ1v) is 9.76. The number of aromatic carboxylic acids is 1. The van der Waals surface area contributed by atoms with Crippen molar-refractivity contribution in [3.63, 3.8) is 0 Å². The number of pyridine rings is 1. The van der Waals surface area contributed by atoms with Crippen molar-refractivity contribution in [2.75, 3.05) is 5.73 Å². The molecule has 0 fully saturated rings. The molecule has 162 valence electrons. The largest absolute Gasteiger partial charge is 0.476 e. The number of imide groups is 1. The molecule has 3 heterocycles. The van der Waals surface area contributed by atoms with Crippen LogP contribution in [-0.4, -0.2) is 37.2 Å². The number of benzene rings is 2. The third-order valence-corrected chi connectivity index (χ3v) is 5.30. The van der Waals surface area contributed by atoms with Crippen molar-refractivity contribution in [1.29, 1.82) is 0 Å². The first kappa shape index (κ1) is 19.9. The lowest BCUT2D eigenvalue weighted by Crippen LogP contribution is -2.24. The summed E-state index contributed by atoms with van der Waals surface area (Å²) in [5.41, 5.74) is 7.54. The molecule has 0 aliphatic carbocycles. The zero-order valence-corrected chi connectivity index (χ0v) is 16.9. The Morgan fingerprint density at radius 2 is 1.58 bits per heavy atom. The molecule has 10 nitrogen and oxygen atoms in total. The molecule has 2 aromatic heterocycles. The van der Waals surface area contributed by atoms with Gasteiger partial charge in [0.05, 0.1) is 28.2 Å². The average molecular weight is 441 g/mol. The Bertz CT molecular complexity index is 1520. The molecule has 0 radical (unpaired) electrons. The molecule has 33 heavy (non-hydrogen) atoms. The van der Waals surface area contributed by atoms with E-state index in [-0.39, 0.29) is 22.6 Å². The number of anilines is 1. The number of carboxylic acid groups (broad SMARTS) is 1. The number of hydrogen-bond acceptors (Lipinski definition) is 6. The summed E-state index contributed by atoms with van der Waals surface area (Å²) in [7, 11) is 0. The van der Waals surface area contributed by atoms with Crippen LogP contribution in [0, 0.1) is 0 Å². The quantitative estimate of drug-likeness (QED) is 0.409. The van der Waals surface area contributed by atoms with Gasteiger partial charge in [0.1, 0.15) is 5.82 Å². The van der Waals surface area contributed by atoms with Crippen LogP contribution in [0.4, 0.5) is 5.82 Å². The van der Waals surface area contributed by atoms with E-state index >= 15 is 0 Å². The van der Waals surface area contributed by atoms with Gasteiger partial charge in [-0.2, -0.15) is 5.10 Å². The fourth-order valence-electron chi connectivity index (χ4n) is 3.79. The van der Waals surface area contributed by atoms with Crippen LogP contribution in [0.25, 0.3) is 22.6 Å². The zero-order valence-electron chi connectivity index (χ0n) is 16.9. The summed E-state index contributed by atoms with van der Waals surface area (Å²) in [5, 5.41) is 15.7. The number of aromatic nitrogens is 3. The highest BCUT2D eigenvalue weighted by atomic mass is 16.4. The molecule has 4 N–H and O–H groups in total. The van der Waals surface area contributed by atoms with E-state index in [2.05, 4.69) is 10.4 Å². The SMILES string of the molecule is Nc1c2c(cc(=O)n1-c1ccc(-n3nc(C(=O)O)cc3-c3ccccc3)cc1)C(=O)NC2=O. The lowest BCUT2D eigenvalue weighted by Gasteiger charge is -2.13. The van der Waals surface area contributed by atoms with E-state index in [1.165, 1.54) is 10.7 Å². The number of nitrogens with two attached hydrogens (primary N) is 1. The number of carboxylic acids is 1. The van der Waals surface area contributed by atoms with Gasteiger partial charge in [0.25, 0.3) is 17.4 Å². The number of nitrogens with one attached hydrogen (secondary N) is 1. The Labute approximate surface area is 185 Å². The first-order valence-electron chi connectivity index (χ1n) is 9.76. The van der Waals surface area contributed by atoms with Crippen molar-refractivity contribution < 1.29 is 19.5 Å². The third kappa shape index (κ3) is 3.17. The van der Waals surface area contributed by atoms with Gasteiger partial charge < -0.3 is 10.8 Å². The second-order valence-electron chi connectivity index (χ2n) is 7.29. The Balaban J connectivity index is 1.61. The van der Waals surface area contributed by atoms with Gasteiger partial charge in [-0.1, -0.05) is 30.3 Å². The minimum atomic E-state index is -1.16. The van der Waals surface area contributed by atoms with E-state index in [9.17, 15) is 24.3 Å². The molecule has 2 amide bonds. The second kappa shape index (κ2) is 7.31. The van der Waals surface area contributed by atoms with Gasteiger partial charge in [-0.3, -0.25) is 24.3 Å². The van der Waals surface area contributed by atoms with E-state index in [1.54, 1.807) is 24.3 Å². The van der Waals surface area contributed by atoms with E-state index in [1.807, 2.05) is 30.3 Å². The lowest BCUT2D eigenvalue weighted by atomic mass is 10.1. The maximum Gasteiger partial charge on any atom is 0.356 e. The number of amides is 2. The first-order chi connectivity index (χ1) is 15.8. The molecular weight excluding hydrogens is 426 g/mol. The minimum Gasteiger partial charge on any atom is -0.476 e. The van der Waals surface area contributed by atoms with Gasteiger partial charge in [-0.05, 0) is 30.3 Å². The summed E-state index contributed by atoms with van der Waals surface area (Å²) < 4.78 is 2.62. The summed E-state index contributed by atoms with van der Waals surface area (Å²) in [4.78, 5) is 48.0. The van der Waals surface area contributed by atoms with Crippen LogP contribution in [0.3, 0.4) is 0 Å². The summed E-state index contributed by atoms with van der Waals surface area (Å²) in [6.45, 7) is 0. The fraction of sp³-hybridized carbons (Fsp3) is 0. The van der Waals surface area contributed by atoms with E-state index in [4.69, 9.17) is 5.73 Å². The molecule has 0 unspecified atom stereocenters. The summed E-state index contributed by atoms with van der Waals surface area (Å²) in [6, 6.07) is 18.2. The Kier molecular flexibility index (Phi) is 4.42. The van der Waals surface area contributed by atoms with Crippen molar-refractivity contribution in [3.05, 3.63) is 93.9 Å². The van der Waals surface area contributed by atoms with Gasteiger partial charge in [0.15, 0.2) is 5.69 Å². The number of hydrogen-bond donors (Lipinski definition) is 3. The third-order valence-electron chi connectivity index (χ3n) is 5.30. The highest BCUT2D eigenvalue weighted by molar-refractivity contribution is 6.23. The van der Waals surface area contributed by atoms with E-state index in [0.717, 1.165) is 16.2 Å². The highest BCUT2D eigenvalue weighted by Gasteiger charge is 2.31. The van der Waals surface area contributed by atoms with Crippen molar-refractivity contribution in [2.45, 2.75) is 0 Å². The predicted molar refractivity (Wildman–Crippen MR) is 118 cm³/mol. The topological polar surface area (TPSA) is 149 Å². The van der Waals surface area contributed by atoms with E-state index < -0.39 is 23.3 Å². The van der Waals surface area contributed by atoms with Gasteiger partial charge in [0.2, 0.25) is 0 Å². The fourth-order valence-corrected chi connectivity index (χ4v) is 3.79. The van der Waals surface area contributed by atoms with Crippen LogP contribution < -0.4 is 16.6 Å². The maximum absolute atomic E-state index is 12.6. The summed E-state index contributed by atoms with van der Waals surface area (Å²) >= 11 is 0. The maximum atomic E-state index is 12.6. The normalized spacial score (nSPS) is 12.5. The van der Waals surface area contributed by atoms with Gasteiger partial charge in [-0.15, -0.1) is 0 Å². The number of carbonyl (C=O) groups is 3. The van der Waals surface area contributed by atoms with Crippen LogP contribution in [0.1, 0.15) is 31.2 Å².